The average molecular weight is 385 g/mol. The van der Waals surface area contributed by atoms with Crippen molar-refractivity contribution in [2.75, 3.05) is 0 Å². The smallest absolute Gasteiger partial charge is 0.328 e. The van der Waals surface area contributed by atoms with Crippen molar-refractivity contribution in [3.8, 4) is 0 Å². The molecule has 1 saturated carbocycles. The molecule has 0 amide bonds. The highest BCUT2D eigenvalue weighted by molar-refractivity contribution is 6.13. The summed E-state index contributed by atoms with van der Waals surface area (Å²) < 4.78 is 29.8. The number of alkyl halides is 2. The number of carboxylic acids is 1. The van der Waals surface area contributed by atoms with Gasteiger partial charge in [0.2, 0.25) is 0 Å². The van der Waals surface area contributed by atoms with Gasteiger partial charge >= 0.3 is 5.97 Å². The fraction of sp³-hybridized carbons (Fsp3) is 0.391. The van der Waals surface area contributed by atoms with Gasteiger partial charge in [-0.05, 0) is 25.2 Å². The zero-order chi connectivity index (χ0) is 20.1. The SMILES string of the molecule is CCC(C1CC1)C(F)(F)CC(N=C(c1ccccc1)c1ccccc1)C(=O)O. The first-order chi connectivity index (χ1) is 13.4. The van der Waals surface area contributed by atoms with Crippen molar-refractivity contribution in [1.82, 2.24) is 0 Å². The number of rotatable bonds is 9. The largest absolute Gasteiger partial charge is 0.480 e. The monoisotopic (exact) mass is 385 g/mol. The van der Waals surface area contributed by atoms with Crippen LogP contribution in [0.5, 0.6) is 0 Å². The second kappa shape index (κ2) is 8.63. The summed E-state index contributed by atoms with van der Waals surface area (Å²) in [7, 11) is 0. The van der Waals surface area contributed by atoms with Gasteiger partial charge in [-0.15, -0.1) is 0 Å². The summed E-state index contributed by atoms with van der Waals surface area (Å²) in [6, 6.07) is 16.7. The minimum atomic E-state index is -3.05. The fourth-order valence-electron chi connectivity index (χ4n) is 3.74. The predicted octanol–water partition coefficient (Wildman–Crippen LogP) is 5.44. The molecule has 28 heavy (non-hydrogen) atoms. The van der Waals surface area contributed by atoms with Crippen molar-refractivity contribution in [2.24, 2.45) is 16.8 Å². The molecule has 1 N–H and O–H groups in total. The number of hydrogen-bond acceptors (Lipinski definition) is 2. The van der Waals surface area contributed by atoms with Gasteiger partial charge in [0.1, 0.15) is 0 Å². The molecule has 0 bridgehead atoms. The van der Waals surface area contributed by atoms with Gasteiger partial charge in [0.25, 0.3) is 5.92 Å². The topological polar surface area (TPSA) is 49.7 Å². The molecule has 3 rings (SSSR count). The highest BCUT2D eigenvalue weighted by Gasteiger charge is 2.49. The van der Waals surface area contributed by atoms with Crippen LogP contribution in [0.4, 0.5) is 8.78 Å². The molecule has 0 spiro atoms. The van der Waals surface area contributed by atoms with Gasteiger partial charge in [-0.1, -0.05) is 67.6 Å². The highest BCUT2D eigenvalue weighted by atomic mass is 19.3. The number of benzene rings is 2. The molecule has 0 radical (unpaired) electrons. The lowest BCUT2D eigenvalue weighted by atomic mass is 9.88. The second-order valence-corrected chi connectivity index (χ2v) is 7.38. The van der Waals surface area contributed by atoms with E-state index < -0.39 is 30.3 Å². The Hall–Kier alpha value is -2.56. The van der Waals surface area contributed by atoms with Crippen LogP contribution in [0, 0.1) is 11.8 Å². The van der Waals surface area contributed by atoms with Crippen LogP contribution in [0.25, 0.3) is 0 Å². The molecule has 0 aliphatic heterocycles. The normalized spacial score (nSPS) is 16.2. The molecule has 1 aliphatic rings. The number of hydrogen-bond donors (Lipinski definition) is 1. The third-order valence-corrected chi connectivity index (χ3v) is 5.30. The van der Waals surface area contributed by atoms with E-state index in [1.165, 1.54) is 0 Å². The van der Waals surface area contributed by atoms with Crippen LogP contribution in [-0.4, -0.2) is 28.8 Å². The molecule has 1 fully saturated rings. The Balaban J connectivity index is 1.96. The maximum absolute atomic E-state index is 14.9. The van der Waals surface area contributed by atoms with Crippen LogP contribution >= 0.6 is 0 Å². The van der Waals surface area contributed by atoms with Crippen LogP contribution < -0.4 is 0 Å². The molecule has 2 atom stereocenters. The average Bonchev–Trinajstić information content (AvgIpc) is 3.51. The molecule has 5 heteroatoms. The molecule has 2 aromatic carbocycles. The van der Waals surface area contributed by atoms with Crippen molar-refractivity contribution in [3.63, 3.8) is 0 Å². The van der Waals surface area contributed by atoms with Gasteiger partial charge in [0.05, 0.1) is 5.71 Å². The minimum absolute atomic E-state index is 0.00106. The third kappa shape index (κ3) is 4.83. The van der Waals surface area contributed by atoms with Gasteiger partial charge in [-0.2, -0.15) is 0 Å². The number of aliphatic imine (C=N–C) groups is 1. The number of aliphatic carboxylic acids is 1. The molecule has 0 heterocycles. The van der Waals surface area contributed by atoms with E-state index in [4.69, 9.17) is 0 Å². The van der Waals surface area contributed by atoms with E-state index in [0.717, 1.165) is 12.8 Å². The fourth-order valence-corrected chi connectivity index (χ4v) is 3.74. The van der Waals surface area contributed by atoms with Crippen LogP contribution in [0.15, 0.2) is 65.7 Å². The molecule has 148 valence electrons. The van der Waals surface area contributed by atoms with Crippen LogP contribution in [0.3, 0.4) is 0 Å². The first-order valence-electron chi connectivity index (χ1n) is 9.71. The number of carbonyl (C=O) groups is 1. The summed E-state index contributed by atoms with van der Waals surface area (Å²) in [6.45, 7) is 1.75. The number of halogens is 2. The summed E-state index contributed by atoms with van der Waals surface area (Å²) in [5.41, 5.74) is 1.83. The molecule has 3 nitrogen and oxygen atoms in total. The van der Waals surface area contributed by atoms with Gasteiger partial charge < -0.3 is 5.11 Å². The molecular formula is C23H25F2NO2. The van der Waals surface area contributed by atoms with Crippen molar-refractivity contribution in [3.05, 3.63) is 71.8 Å². The molecular weight excluding hydrogens is 360 g/mol. The third-order valence-electron chi connectivity index (χ3n) is 5.30. The highest BCUT2D eigenvalue weighted by Crippen LogP contribution is 2.48. The van der Waals surface area contributed by atoms with Crippen molar-refractivity contribution in [2.45, 2.75) is 44.6 Å². The Labute approximate surface area is 164 Å². The van der Waals surface area contributed by atoms with Crippen LogP contribution in [0.2, 0.25) is 0 Å². The maximum atomic E-state index is 14.9. The van der Waals surface area contributed by atoms with E-state index in [9.17, 15) is 18.7 Å². The lowest BCUT2D eigenvalue weighted by Crippen LogP contribution is -2.36. The van der Waals surface area contributed by atoms with E-state index in [-0.39, 0.29) is 5.92 Å². The lowest BCUT2D eigenvalue weighted by molar-refractivity contribution is -0.143. The van der Waals surface area contributed by atoms with E-state index in [2.05, 4.69) is 4.99 Å². The standard InChI is InChI=1S/C23H25F2NO2/c1-2-19(16-13-14-16)23(24,25)15-20(22(27)28)26-21(17-9-5-3-6-10-17)18-11-7-4-8-12-18/h3-12,16,19-20H,2,13-15H2,1H3,(H,27,28). The Bertz CT molecular complexity index is 776. The summed E-state index contributed by atoms with van der Waals surface area (Å²) in [6.07, 6.45) is 1.17. The zero-order valence-corrected chi connectivity index (χ0v) is 15.9. The van der Waals surface area contributed by atoms with Crippen molar-refractivity contribution >= 4 is 11.7 Å². The Morgan fingerprint density at radius 1 is 1.07 bits per heavy atom. The van der Waals surface area contributed by atoms with Crippen molar-refractivity contribution < 1.29 is 18.7 Å². The van der Waals surface area contributed by atoms with Gasteiger partial charge in [-0.25, -0.2) is 13.6 Å². The van der Waals surface area contributed by atoms with Gasteiger partial charge in [-0.3, -0.25) is 4.99 Å². The quantitative estimate of drug-likeness (QED) is 0.585. The van der Waals surface area contributed by atoms with Gasteiger partial charge in [0.15, 0.2) is 6.04 Å². The lowest BCUT2D eigenvalue weighted by Gasteiger charge is -2.27. The molecule has 0 aromatic heterocycles. The molecule has 2 unspecified atom stereocenters. The Kier molecular flexibility index (Phi) is 6.22. The predicted molar refractivity (Wildman–Crippen MR) is 106 cm³/mol. The number of carboxylic acid groups (broad SMARTS) is 1. The summed E-state index contributed by atoms with van der Waals surface area (Å²) in [4.78, 5) is 16.2. The summed E-state index contributed by atoms with van der Waals surface area (Å²) in [5, 5.41) is 9.65. The summed E-state index contributed by atoms with van der Waals surface area (Å²) >= 11 is 0. The summed E-state index contributed by atoms with van der Waals surface area (Å²) in [5.74, 6) is -5.15. The first-order valence-corrected chi connectivity index (χ1v) is 9.71. The van der Waals surface area contributed by atoms with Crippen LogP contribution in [-0.2, 0) is 4.79 Å². The van der Waals surface area contributed by atoms with E-state index in [0.29, 0.717) is 23.3 Å². The Morgan fingerprint density at radius 3 is 1.96 bits per heavy atom. The molecule has 1 aliphatic carbocycles. The maximum Gasteiger partial charge on any atom is 0.328 e. The molecule has 2 aromatic rings. The Morgan fingerprint density at radius 2 is 1.57 bits per heavy atom. The van der Waals surface area contributed by atoms with Gasteiger partial charge in [0, 0.05) is 23.5 Å². The first kappa shape index (κ1) is 20.2. The van der Waals surface area contributed by atoms with Crippen LogP contribution in [0.1, 0.15) is 43.7 Å². The van der Waals surface area contributed by atoms with E-state index >= 15 is 0 Å². The number of nitrogens with zero attached hydrogens (tertiary/aromatic N) is 1. The minimum Gasteiger partial charge on any atom is -0.480 e. The second-order valence-electron chi connectivity index (χ2n) is 7.38. The van der Waals surface area contributed by atoms with Crippen molar-refractivity contribution in [1.29, 1.82) is 0 Å². The van der Waals surface area contributed by atoms with E-state index in [1.54, 1.807) is 6.92 Å². The van der Waals surface area contributed by atoms with E-state index in [1.807, 2.05) is 60.7 Å². The zero-order valence-electron chi connectivity index (χ0n) is 15.9. The molecule has 0 saturated heterocycles.